The lowest BCUT2D eigenvalue weighted by Gasteiger charge is -2.04. The number of ether oxygens (including phenoxy) is 1. The second kappa shape index (κ2) is 7.88. The number of primary amides is 1. The van der Waals surface area contributed by atoms with Gasteiger partial charge in [0.25, 0.3) is 0 Å². The van der Waals surface area contributed by atoms with Crippen molar-refractivity contribution >= 4 is 5.91 Å². The molecule has 1 amide bonds. The SMILES string of the molecule is NC(=O)COCCCC1=C\CC/C=C/C=C\1. The monoisotopic (exact) mass is 221 g/mol. The van der Waals surface area contributed by atoms with Gasteiger partial charge >= 0.3 is 0 Å². The van der Waals surface area contributed by atoms with Crippen LogP contribution in [0.4, 0.5) is 0 Å². The van der Waals surface area contributed by atoms with Gasteiger partial charge in [-0.05, 0) is 25.7 Å². The fourth-order valence-corrected chi connectivity index (χ4v) is 1.52. The van der Waals surface area contributed by atoms with Gasteiger partial charge < -0.3 is 10.5 Å². The maximum absolute atomic E-state index is 10.4. The largest absolute Gasteiger partial charge is 0.372 e. The number of carbonyl (C=O) groups is 1. The van der Waals surface area contributed by atoms with Crippen molar-refractivity contribution in [2.45, 2.75) is 25.7 Å². The molecule has 1 rings (SSSR count). The number of rotatable bonds is 6. The molecule has 0 unspecified atom stereocenters. The zero-order chi connectivity index (χ0) is 11.6. The summed E-state index contributed by atoms with van der Waals surface area (Å²) in [6.07, 6.45) is 14.8. The minimum Gasteiger partial charge on any atom is -0.372 e. The van der Waals surface area contributed by atoms with E-state index in [4.69, 9.17) is 10.5 Å². The van der Waals surface area contributed by atoms with Crippen molar-refractivity contribution in [2.75, 3.05) is 13.2 Å². The summed E-state index contributed by atoms with van der Waals surface area (Å²) >= 11 is 0. The standard InChI is InChI=1S/C13H19NO2/c14-13(15)11-16-10-6-9-12-7-4-2-1-3-5-8-12/h1-2,4,7-8H,3,5-6,9-11H2,(H2,14,15)/b2-1+,7-4-,12-8-. The average molecular weight is 221 g/mol. The van der Waals surface area contributed by atoms with E-state index in [1.54, 1.807) is 0 Å². The molecule has 16 heavy (non-hydrogen) atoms. The molecule has 3 nitrogen and oxygen atoms in total. The highest BCUT2D eigenvalue weighted by Crippen LogP contribution is 2.11. The Morgan fingerprint density at radius 3 is 3.06 bits per heavy atom. The van der Waals surface area contributed by atoms with E-state index in [2.05, 4.69) is 30.4 Å². The highest BCUT2D eigenvalue weighted by molar-refractivity contribution is 5.74. The Balaban J connectivity index is 2.16. The average Bonchev–Trinajstić information content (AvgIpc) is 2.19. The second-order valence-corrected chi connectivity index (χ2v) is 3.77. The molecule has 0 radical (unpaired) electrons. The van der Waals surface area contributed by atoms with E-state index in [-0.39, 0.29) is 6.61 Å². The Morgan fingerprint density at radius 1 is 1.38 bits per heavy atom. The Kier molecular flexibility index (Phi) is 6.26. The minimum atomic E-state index is -0.407. The number of nitrogens with two attached hydrogens (primary N) is 1. The predicted octanol–water partition coefficient (Wildman–Crippen LogP) is 2.10. The molecule has 0 aromatic rings. The Hall–Kier alpha value is -1.35. The van der Waals surface area contributed by atoms with E-state index in [1.165, 1.54) is 5.57 Å². The maximum atomic E-state index is 10.4. The first-order chi connectivity index (χ1) is 7.79. The van der Waals surface area contributed by atoms with Crippen molar-refractivity contribution in [1.82, 2.24) is 0 Å². The van der Waals surface area contributed by atoms with E-state index in [1.807, 2.05) is 0 Å². The second-order valence-electron chi connectivity index (χ2n) is 3.77. The first-order valence-electron chi connectivity index (χ1n) is 5.67. The van der Waals surface area contributed by atoms with Crippen LogP contribution in [0.1, 0.15) is 25.7 Å². The van der Waals surface area contributed by atoms with E-state index < -0.39 is 5.91 Å². The molecule has 0 aliphatic heterocycles. The van der Waals surface area contributed by atoms with Gasteiger partial charge in [0.2, 0.25) is 5.91 Å². The van der Waals surface area contributed by atoms with E-state index in [0.717, 1.165) is 25.7 Å². The molecule has 0 fully saturated rings. The number of allylic oxidation sites excluding steroid dienone is 6. The molecular weight excluding hydrogens is 202 g/mol. The summed E-state index contributed by atoms with van der Waals surface area (Å²) in [6.45, 7) is 0.613. The minimum absolute atomic E-state index is 0.0254. The summed E-state index contributed by atoms with van der Waals surface area (Å²) < 4.78 is 5.10. The lowest BCUT2D eigenvalue weighted by atomic mass is 10.1. The number of carbonyl (C=O) groups excluding carboxylic acids is 1. The normalized spacial score (nSPS) is 22.6. The van der Waals surface area contributed by atoms with Crippen molar-refractivity contribution in [1.29, 1.82) is 0 Å². The zero-order valence-corrected chi connectivity index (χ0v) is 9.52. The van der Waals surface area contributed by atoms with Crippen LogP contribution in [-0.2, 0) is 9.53 Å². The molecule has 3 heteroatoms. The fourth-order valence-electron chi connectivity index (χ4n) is 1.52. The summed E-state index contributed by atoms with van der Waals surface area (Å²) in [5.41, 5.74) is 6.30. The highest BCUT2D eigenvalue weighted by Gasteiger charge is 1.97. The van der Waals surface area contributed by atoms with Crippen LogP contribution in [0.5, 0.6) is 0 Å². The molecule has 0 spiro atoms. The molecule has 1 aliphatic rings. The molecule has 88 valence electrons. The van der Waals surface area contributed by atoms with Gasteiger partial charge in [0.05, 0.1) is 0 Å². The molecule has 0 aromatic carbocycles. The van der Waals surface area contributed by atoms with Crippen molar-refractivity contribution in [3.63, 3.8) is 0 Å². The smallest absolute Gasteiger partial charge is 0.243 e. The van der Waals surface area contributed by atoms with Crippen LogP contribution in [0, 0.1) is 0 Å². The number of amides is 1. The van der Waals surface area contributed by atoms with Gasteiger partial charge in [-0.25, -0.2) is 0 Å². The van der Waals surface area contributed by atoms with Crippen LogP contribution in [0.3, 0.4) is 0 Å². The Bertz CT molecular complexity index is 303. The molecule has 0 saturated heterocycles. The zero-order valence-electron chi connectivity index (χ0n) is 9.52. The lowest BCUT2D eigenvalue weighted by Crippen LogP contribution is -2.18. The third kappa shape index (κ3) is 6.19. The van der Waals surface area contributed by atoms with Gasteiger partial charge in [-0.15, -0.1) is 0 Å². The van der Waals surface area contributed by atoms with Crippen molar-refractivity contribution in [3.8, 4) is 0 Å². The van der Waals surface area contributed by atoms with Gasteiger partial charge in [-0.3, -0.25) is 4.79 Å². The quantitative estimate of drug-likeness (QED) is 0.698. The summed E-state index contributed by atoms with van der Waals surface area (Å²) in [7, 11) is 0. The van der Waals surface area contributed by atoms with Gasteiger partial charge in [0.15, 0.2) is 0 Å². The molecule has 0 atom stereocenters. The van der Waals surface area contributed by atoms with Crippen LogP contribution >= 0.6 is 0 Å². The first kappa shape index (κ1) is 12.7. The molecule has 0 bridgehead atoms. The van der Waals surface area contributed by atoms with E-state index in [0.29, 0.717) is 6.61 Å². The third-order valence-electron chi connectivity index (χ3n) is 2.30. The first-order valence-corrected chi connectivity index (χ1v) is 5.67. The van der Waals surface area contributed by atoms with E-state index in [9.17, 15) is 4.79 Å². The number of hydrogen-bond donors (Lipinski definition) is 1. The molecule has 0 saturated carbocycles. The van der Waals surface area contributed by atoms with E-state index >= 15 is 0 Å². The van der Waals surface area contributed by atoms with Crippen molar-refractivity contribution in [2.24, 2.45) is 5.73 Å². The summed E-state index contributed by atoms with van der Waals surface area (Å²) in [5.74, 6) is -0.407. The summed E-state index contributed by atoms with van der Waals surface area (Å²) in [5, 5.41) is 0. The Labute approximate surface area is 96.7 Å². The van der Waals surface area contributed by atoms with Gasteiger partial charge in [0, 0.05) is 6.61 Å². The molecule has 1 aliphatic carbocycles. The Morgan fingerprint density at radius 2 is 2.25 bits per heavy atom. The maximum Gasteiger partial charge on any atom is 0.243 e. The van der Waals surface area contributed by atoms with Crippen LogP contribution < -0.4 is 5.73 Å². The third-order valence-corrected chi connectivity index (χ3v) is 2.30. The predicted molar refractivity (Wildman–Crippen MR) is 64.8 cm³/mol. The fraction of sp³-hybridized carbons (Fsp3) is 0.462. The van der Waals surface area contributed by atoms with Gasteiger partial charge in [-0.2, -0.15) is 0 Å². The van der Waals surface area contributed by atoms with Crippen LogP contribution in [0.15, 0.2) is 36.0 Å². The van der Waals surface area contributed by atoms with Gasteiger partial charge in [-0.1, -0.05) is 36.0 Å². The summed E-state index contributed by atoms with van der Waals surface area (Å²) in [4.78, 5) is 10.4. The van der Waals surface area contributed by atoms with Crippen LogP contribution in [-0.4, -0.2) is 19.1 Å². The highest BCUT2D eigenvalue weighted by atomic mass is 16.5. The van der Waals surface area contributed by atoms with Gasteiger partial charge in [0.1, 0.15) is 6.61 Å². The molecule has 2 N–H and O–H groups in total. The van der Waals surface area contributed by atoms with Crippen LogP contribution in [0.25, 0.3) is 0 Å². The molecule has 0 heterocycles. The van der Waals surface area contributed by atoms with Crippen LogP contribution in [0.2, 0.25) is 0 Å². The molecular formula is C13H19NO2. The topological polar surface area (TPSA) is 52.3 Å². The lowest BCUT2D eigenvalue weighted by molar-refractivity contribution is -0.122. The van der Waals surface area contributed by atoms with Crippen molar-refractivity contribution in [3.05, 3.63) is 36.0 Å². The summed E-state index contributed by atoms with van der Waals surface area (Å²) in [6, 6.07) is 0. The molecule has 0 aromatic heterocycles. The number of hydrogen-bond acceptors (Lipinski definition) is 2. The van der Waals surface area contributed by atoms with Crippen molar-refractivity contribution < 1.29 is 9.53 Å².